The summed E-state index contributed by atoms with van der Waals surface area (Å²) in [6.07, 6.45) is 1.49. The number of carbonyl (C=O) groups excluding carboxylic acids is 1. The Labute approximate surface area is 189 Å². The van der Waals surface area contributed by atoms with E-state index in [0.29, 0.717) is 37.7 Å². The van der Waals surface area contributed by atoms with Crippen LogP contribution in [0, 0.1) is 0 Å². The van der Waals surface area contributed by atoms with Crippen molar-refractivity contribution in [2.24, 2.45) is 5.10 Å². The predicted molar refractivity (Wildman–Crippen MR) is 120 cm³/mol. The molecule has 0 aliphatic rings. The summed E-state index contributed by atoms with van der Waals surface area (Å²) in [5, 5.41) is 5.50. The quantitative estimate of drug-likeness (QED) is 0.345. The van der Waals surface area contributed by atoms with Crippen LogP contribution in [0.4, 0.5) is 0 Å². The topological polar surface area (TPSA) is 59.9 Å². The lowest BCUT2D eigenvalue weighted by molar-refractivity contribution is 0.0955. The molecule has 0 bridgehead atoms. The molecule has 0 fully saturated rings. The van der Waals surface area contributed by atoms with Crippen molar-refractivity contribution >= 4 is 46.9 Å². The number of rotatable bonds is 7. The summed E-state index contributed by atoms with van der Waals surface area (Å²) in [4.78, 5) is 12.2. The normalized spacial score (nSPS) is 10.8. The Balaban J connectivity index is 1.74. The third-order valence-electron chi connectivity index (χ3n) is 4.07. The predicted octanol–water partition coefficient (Wildman–Crippen LogP) is 6.00. The van der Waals surface area contributed by atoms with Crippen LogP contribution in [0.1, 0.15) is 21.5 Å². The first kappa shape index (κ1) is 22.0. The van der Waals surface area contributed by atoms with Gasteiger partial charge >= 0.3 is 0 Å². The average molecular weight is 464 g/mol. The summed E-state index contributed by atoms with van der Waals surface area (Å²) in [6.45, 7) is 0.245. The SMILES string of the molecule is COc1cccc(/C=N\NC(=O)c2ccc(Cl)cc2)c1OCc1ccc(Cl)c(Cl)c1. The molecule has 3 aromatic rings. The van der Waals surface area contributed by atoms with Crippen LogP contribution < -0.4 is 14.9 Å². The van der Waals surface area contributed by atoms with Gasteiger partial charge in [-0.1, -0.05) is 46.9 Å². The molecular formula is C22H17Cl3N2O3. The zero-order valence-electron chi connectivity index (χ0n) is 15.9. The number of hydrazone groups is 1. The molecule has 154 valence electrons. The second-order valence-electron chi connectivity index (χ2n) is 6.12. The minimum atomic E-state index is -0.357. The van der Waals surface area contributed by atoms with Crippen molar-refractivity contribution in [2.75, 3.05) is 7.11 Å². The van der Waals surface area contributed by atoms with E-state index in [2.05, 4.69) is 10.5 Å². The second-order valence-corrected chi connectivity index (χ2v) is 7.37. The van der Waals surface area contributed by atoms with E-state index in [0.717, 1.165) is 5.56 Å². The van der Waals surface area contributed by atoms with E-state index in [-0.39, 0.29) is 12.5 Å². The molecule has 0 saturated carbocycles. The van der Waals surface area contributed by atoms with E-state index >= 15 is 0 Å². The molecule has 0 aliphatic heterocycles. The largest absolute Gasteiger partial charge is 0.493 e. The Hall–Kier alpha value is -2.73. The number of ether oxygens (including phenoxy) is 2. The molecule has 30 heavy (non-hydrogen) atoms. The van der Waals surface area contributed by atoms with E-state index in [1.807, 2.05) is 6.07 Å². The van der Waals surface area contributed by atoms with Crippen LogP contribution in [0.5, 0.6) is 11.5 Å². The number of benzene rings is 3. The molecule has 3 rings (SSSR count). The first-order chi connectivity index (χ1) is 14.5. The lowest BCUT2D eigenvalue weighted by atomic mass is 10.2. The lowest BCUT2D eigenvalue weighted by Gasteiger charge is -2.13. The molecule has 8 heteroatoms. The van der Waals surface area contributed by atoms with Gasteiger partial charge in [0.05, 0.1) is 23.4 Å². The number of methoxy groups -OCH3 is 1. The molecule has 0 heterocycles. The lowest BCUT2D eigenvalue weighted by Crippen LogP contribution is -2.17. The van der Waals surface area contributed by atoms with E-state index in [1.54, 1.807) is 61.7 Å². The minimum Gasteiger partial charge on any atom is -0.493 e. The van der Waals surface area contributed by atoms with Gasteiger partial charge in [0.1, 0.15) is 6.61 Å². The Morgan fingerprint density at radius 2 is 1.80 bits per heavy atom. The standard InChI is InChI=1S/C22H17Cl3N2O3/c1-29-20-4-2-3-16(12-26-27-22(28)15-6-8-17(23)9-7-15)21(20)30-13-14-5-10-18(24)19(25)11-14/h2-12H,13H2,1H3,(H,27,28)/b26-12-. The number of amides is 1. The first-order valence-electron chi connectivity index (χ1n) is 8.80. The number of nitrogens with one attached hydrogen (secondary N) is 1. The van der Waals surface area contributed by atoms with E-state index < -0.39 is 0 Å². The molecule has 0 aliphatic carbocycles. The van der Waals surface area contributed by atoms with E-state index in [4.69, 9.17) is 44.3 Å². The van der Waals surface area contributed by atoms with Gasteiger partial charge in [0.2, 0.25) is 0 Å². The average Bonchev–Trinajstić information content (AvgIpc) is 2.75. The van der Waals surface area contributed by atoms with Crippen LogP contribution >= 0.6 is 34.8 Å². The minimum absolute atomic E-state index is 0.245. The van der Waals surface area contributed by atoms with Crippen LogP contribution in [0.15, 0.2) is 65.8 Å². The van der Waals surface area contributed by atoms with Crippen LogP contribution in [0.3, 0.4) is 0 Å². The molecule has 0 spiro atoms. The highest BCUT2D eigenvalue weighted by Gasteiger charge is 2.11. The summed E-state index contributed by atoms with van der Waals surface area (Å²) in [5.41, 5.74) is 4.39. The van der Waals surface area contributed by atoms with E-state index in [1.165, 1.54) is 6.21 Å². The molecule has 0 radical (unpaired) electrons. The van der Waals surface area contributed by atoms with Gasteiger partial charge in [0, 0.05) is 16.1 Å². The van der Waals surface area contributed by atoms with Gasteiger partial charge in [-0.3, -0.25) is 4.79 Å². The van der Waals surface area contributed by atoms with Gasteiger partial charge in [-0.25, -0.2) is 5.43 Å². The number of para-hydroxylation sites is 1. The zero-order chi connectivity index (χ0) is 21.5. The van der Waals surface area contributed by atoms with Crippen molar-refractivity contribution in [1.82, 2.24) is 5.43 Å². The number of hydrogen-bond donors (Lipinski definition) is 1. The van der Waals surface area contributed by atoms with Gasteiger partial charge in [0.15, 0.2) is 11.5 Å². The molecule has 5 nitrogen and oxygen atoms in total. The molecule has 3 aromatic carbocycles. The summed E-state index contributed by atoms with van der Waals surface area (Å²) >= 11 is 17.9. The maximum atomic E-state index is 12.2. The summed E-state index contributed by atoms with van der Waals surface area (Å²) in [6, 6.07) is 17.1. The molecular weight excluding hydrogens is 447 g/mol. The van der Waals surface area contributed by atoms with Crippen LogP contribution in [-0.2, 0) is 6.61 Å². The van der Waals surface area contributed by atoms with Gasteiger partial charge in [-0.15, -0.1) is 0 Å². The smallest absolute Gasteiger partial charge is 0.271 e. The fourth-order valence-electron chi connectivity index (χ4n) is 2.56. The molecule has 1 N–H and O–H groups in total. The van der Waals surface area contributed by atoms with E-state index in [9.17, 15) is 4.79 Å². The van der Waals surface area contributed by atoms with Crippen LogP contribution in [-0.4, -0.2) is 19.2 Å². The number of hydrogen-bond acceptors (Lipinski definition) is 4. The van der Waals surface area contributed by atoms with Crippen molar-refractivity contribution in [3.63, 3.8) is 0 Å². The number of carbonyl (C=O) groups is 1. The molecule has 0 atom stereocenters. The first-order valence-corrected chi connectivity index (χ1v) is 9.94. The van der Waals surface area contributed by atoms with Crippen molar-refractivity contribution in [2.45, 2.75) is 6.61 Å². The summed E-state index contributed by atoms with van der Waals surface area (Å²) < 4.78 is 11.3. The maximum absolute atomic E-state index is 12.2. The Morgan fingerprint density at radius 3 is 2.50 bits per heavy atom. The highest BCUT2D eigenvalue weighted by atomic mass is 35.5. The van der Waals surface area contributed by atoms with Gasteiger partial charge in [-0.05, 0) is 54.1 Å². The highest BCUT2D eigenvalue weighted by Crippen LogP contribution is 2.31. The second kappa shape index (κ2) is 10.3. The fraction of sp³-hybridized carbons (Fsp3) is 0.0909. The van der Waals surface area contributed by atoms with Crippen LogP contribution in [0.2, 0.25) is 15.1 Å². The van der Waals surface area contributed by atoms with Crippen molar-refractivity contribution < 1.29 is 14.3 Å². The highest BCUT2D eigenvalue weighted by molar-refractivity contribution is 6.42. The van der Waals surface area contributed by atoms with Crippen LogP contribution in [0.25, 0.3) is 0 Å². The Kier molecular flexibility index (Phi) is 7.57. The van der Waals surface area contributed by atoms with Crippen molar-refractivity contribution in [3.8, 4) is 11.5 Å². The Morgan fingerprint density at radius 1 is 1.03 bits per heavy atom. The zero-order valence-corrected chi connectivity index (χ0v) is 18.1. The molecule has 0 aromatic heterocycles. The number of nitrogens with zero attached hydrogens (tertiary/aromatic N) is 1. The third kappa shape index (κ3) is 5.66. The van der Waals surface area contributed by atoms with Gasteiger partial charge < -0.3 is 9.47 Å². The van der Waals surface area contributed by atoms with Crippen molar-refractivity contribution in [3.05, 3.63) is 92.4 Å². The molecule has 1 amide bonds. The maximum Gasteiger partial charge on any atom is 0.271 e. The van der Waals surface area contributed by atoms with Gasteiger partial charge in [-0.2, -0.15) is 5.10 Å². The van der Waals surface area contributed by atoms with Crippen molar-refractivity contribution in [1.29, 1.82) is 0 Å². The molecule has 0 unspecified atom stereocenters. The monoisotopic (exact) mass is 462 g/mol. The third-order valence-corrected chi connectivity index (χ3v) is 5.06. The fourth-order valence-corrected chi connectivity index (χ4v) is 3.01. The molecule has 0 saturated heterocycles. The summed E-state index contributed by atoms with van der Waals surface area (Å²) in [5.74, 6) is 0.655. The summed E-state index contributed by atoms with van der Waals surface area (Å²) in [7, 11) is 1.55. The number of halogens is 3. The Bertz CT molecular complexity index is 1070. The van der Waals surface area contributed by atoms with Gasteiger partial charge in [0.25, 0.3) is 5.91 Å².